The molecule has 47 heavy (non-hydrogen) atoms. The van der Waals surface area contributed by atoms with Gasteiger partial charge in [-0.2, -0.15) is 0 Å². The number of pyridine rings is 1. The fraction of sp³-hybridized carbons (Fsp3) is 0.545. The number of carbonyl (C=O) groups is 3. The number of ether oxygens (including phenoxy) is 4. The third-order valence-corrected chi connectivity index (χ3v) is 10.0. The van der Waals surface area contributed by atoms with Crippen LogP contribution in [0.2, 0.25) is 0 Å². The lowest BCUT2D eigenvalue weighted by Gasteiger charge is -2.53. The Balaban J connectivity index is 1.49. The number of amides is 2. The molecule has 1 aromatic carbocycles. The van der Waals surface area contributed by atoms with E-state index in [0.717, 1.165) is 11.8 Å². The molecule has 2 aromatic rings. The number of methoxy groups -OCH3 is 1. The Kier molecular flexibility index (Phi) is 8.92. The highest BCUT2D eigenvalue weighted by molar-refractivity contribution is 6.00. The SMILES string of the molecule is COC[C@]12CN(C(=O)c3c(OC(=O)OC4CCOCC4)c(=O)c(C(=O)NCc4ccc(F)cc4F)cn31)[C@@H](C)CC[C@@]21CN=C(C)C1. The fourth-order valence-electron chi connectivity index (χ4n) is 7.45. The Morgan fingerprint density at radius 1 is 1.17 bits per heavy atom. The average Bonchev–Trinajstić information content (AvgIpc) is 3.39. The number of halogens is 2. The van der Waals surface area contributed by atoms with E-state index in [-0.39, 0.29) is 37.0 Å². The zero-order valence-corrected chi connectivity index (χ0v) is 26.6. The van der Waals surface area contributed by atoms with Crippen molar-refractivity contribution in [3.05, 3.63) is 63.1 Å². The molecule has 2 fully saturated rings. The largest absolute Gasteiger partial charge is 0.514 e. The van der Waals surface area contributed by atoms with E-state index in [1.165, 1.54) is 19.4 Å². The minimum atomic E-state index is -1.19. The molecular weight excluding hydrogens is 618 g/mol. The molecule has 4 aliphatic heterocycles. The molecule has 2 bridgehead atoms. The zero-order valence-electron chi connectivity index (χ0n) is 26.6. The predicted molar refractivity (Wildman–Crippen MR) is 164 cm³/mol. The first-order valence-corrected chi connectivity index (χ1v) is 15.8. The standard InChI is InChI=1S/C33H38F2N4O8/c1-19-13-32(16-37-19)9-6-20(2)38-17-33(32,18-44-3)39-15-24(29(41)36-14-21-4-5-22(34)12-25(21)35)27(40)28(26(39)30(38)42)47-31(43)46-23-7-10-45-11-8-23/h4-5,12,15,20,23H,6-11,13-14,16-18H2,1-3H3,(H,36,41)/t20-,32+,33-/m0/s1. The Bertz CT molecular complexity index is 1690. The number of aromatic nitrogens is 1. The van der Waals surface area contributed by atoms with Gasteiger partial charge >= 0.3 is 6.16 Å². The van der Waals surface area contributed by atoms with Crippen LogP contribution in [0.5, 0.6) is 5.75 Å². The highest BCUT2D eigenvalue weighted by atomic mass is 19.1. The van der Waals surface area contributed by atoms with Crippen molar-refractivity contribution in [2.75, 3.05) is 40.0 Å². The van der Waals surface area contributed by atoms with Gasteiger partial charge in [0.25, 0.3) is 11.8 Å². The number of aliphatic imine (C=N–C) groups is 1. The maximum absolute atomic E-state index is 14.4. The van der Waals surface area contributed by atoms with Gasteiger partial charge in [0.15, 0.2) is 5.69 Å². The average molecular weight is 657 g/mol. The Morgan fingerprint density at radius 3 is 2.62 bits per heavy atom. The summed E-state index contributed by atoms with van der Waals surface area (Å²) in [4.78, 5) is 61.7. The van der Waals surface area contributed by atoms with Gasteiger partial charge in [-0.25, -0.2) is 13.6 Å². The van der Waals surface area contributed by atoms with Gasteiger partial charge in [-0.15, -0.1) is 0 Å². The Morgan fingerprint density at radius 2 is 1.94 bits per heavy atom. The van der Waals surface area contributed by atoms with Gasteiger partial charge in [0.2, 0.25) is 11.2 Å². The van der Waals surface area contributed by atoms with Gasteiger partial charge in [-0.3, -0.25) is 19.4 Å². The molecule has 0 saturated carbocycles. The molecule has 1 spiro atoms. The number of carbonyl (C=O) groups excluding carboxylic acids is 3. The van der Waals surface area contributed by atoms with Crippen LogP contribution in [-0.4, -0.2) is 85.3 Å². The topological polar surface area (TPSA) is 138 Å². The number of nitrogens with zero attached hydrogens (tertiary/aromatic N) is 3. The molecule has 1 aromatic heterocycles. The summed E-state index contributed by atoms with van der Waals surface area (Å²) < 4.78 is 51.7. The number of nitrogens with one attached hydrogen (secondary N) is 1. The van der Waals surface area contributed by atoms with Gasteiger partial charge in [0.05, 0.1) is 25.4 Å². The molecule has 0 unspecified atom stereocenters. The summed E-state index contributed by atoms with van der Waals surface area (Å²) >= 11 is 0. The molecule has 14 heteroatoms. The highest BCUT2D eigenvalue weighted by Gasteiger charge is 2.61. The van der Waals surface area contributed by atoms with Crippen molar-refractivity contribution in [2.24, 2.45) is 10.4 Å². The van der Waals surface area contributed by atoms with E-state index in [1.54, 1.807) is 9.47 Å². The first-order valence-electron chi connectivity index (χ1n) is 15.8. The fourth-order valence-corrected chi connectivity index (χ4v) is 7.45. The minimum absolute atomic E-state index is 0.00807. The van der Waals surface area contributed by atoms with E-state index in [2.05, 4.69) is 5.32 Å². The number of hydrogen-bond donors (Lipinski definition) is 1. The summed E-state index contributed by atoms with van der Waals surface area (Å²) in [6.07, 6.45) is 2.36. The second-order valence-electron chi connectivity index (χ2n) is 12.9. The van der Waals surface area contributed by atoms with Crippen molar-refractivity contribution in [1.82, 2.24) is 14.8 Å². The van der Waals surface area contributed by atoms with Crippen LogP contribution in [0, 0.1) is 17.0 Å². The molecule has 252 valence electrons. The molecule has 12 nitrogen and oxygen atoms in total. The van der Waals surface area contributed by atoms with Crippen molar-refractivity contribution >= 4 is 23.7 Å². The molecular formula is C33H38F2N4O8. The zero-order chi connectivity index (χ0) is 33.5. The smallest absolute Gasteiger partial charge is 0.430 e. The molecule has 2 saturated heterocycles. The van der Waals surface area contributed by atoms with Crippen molar-refractivity contribution in [3.63, 3.8) is 0 Å². The van der Waals surface area contributed by atoms with Crippen molar-refractivity contribution in [2.45, 2.75) is 70.2 Å². The highest BCUT2D eigenvalue weighted by Crippen LogP contribution is 2.54. The summed E-state index contributed by atoms with van der Waals surface area (Å²) in [6.45, 7) is 5.00. The van der Waals surface area contributed by atoms with Crippen molar-refractivity contribution in [3.8, 4) is 5.75 Å². The van der Waals surface area contributed by atoms with E-state index in [9.17, 15) is 28.0 Å². The Hall–Kier alpha value is -4.17. The quantitative estimate of drug-likeness (QED) is 0.447. The first-order chi connectivity index (χ1) is 22.5. The monoisotopic (exact) mass is 656 g/mol. The molecule has 2 amide bonds. The Labute approximate surface area is 270 Å². The molecule has 6 rings (SSSR count). The lowest BCUT2D eigenvalue weighted by atomic mass is 9.64. The normalized spacial score (nSPS) is 25.6. The lowest BCUT2D eigenvalue weighted by molar-refractivity contribution is -0.0385. The molecule has 3 atom stereocenters. The maximum atomic E-state index is 14.4. The second kappa shape index (κ2) is 12.8. The third kappa shape index (κ3) is 5.81. The van der Waals surface area contributed by atoms with Crippen LogP contribution in [0.4, 0.5) is 13.6 Å². The van der Waals surface area contributed by atoms with E-state index in [0.29, 0.717) is 57.9 Å². The number of rotatable bonds is 7. The third-order valence-electron chi connectivity index (χ3n) is 10.0. The van der Waals surface area contributed by atoms with Gasteiger partial charge in [-0.1, -0.05) is 6.07 Å². The van der Waals surface area contributed by atoms with Crippen LogP contribution in [0.25, 0.3) is 0 Å². The number of hydrogen-bond acceptors (Lipinski definition) is 9. The van der Waals surface area contributed by atoms with Gasteiger partial charge in [-0.05, 0) is 39.2 Å². The van der Waals surface area contributed by atoms with E-state index < -0.39 is 63.4 Å². The van der Waals surface area contributed by atoms with Crippen LogP contribution in [0.3, 0.4) is 0 Å². The van der Waals surface area contributed by atoms with Crippen LogP contribution >= 0.6 is 0 Å². The summed E-state index contributed by atoms with van der Waals surface area (Å²) in [5.74, 6) is -3.74. The van der Waals surface area contributed by atoms with Gasteiger partial charge < -0.3 is 33.7 Å². The van der Waals surface area contributed by atoms with Crippen LogP contribution in [0.15, 0.2) is 34.2 Å². The van der Waals surface area contributed by atoms with Crippen LogP contribution < -0.4 is 15.5 Å². The van der Waals surface area contributed by atoms with Crippen molar-refractivity contribution < 1.29 is 42.1 Å². The van der Waals surface area contributed by atoms with Gasteiger partial charge in [0, 0.05) is 74.6 Å². The number of benzene rings is 1. The summed E-state index contributed by atoms with van der Waals surface area (Å²) in [6, 6.07) is 2.71. The molecule has 1 N–H and O–H groups in total. The first kappa shape index (κ1) is 32.8. The van der Waals surface area contributed by atoms with Crippen molar-refractivity contribution in [1.29, 1.82) is 0 Å². The lowest BCUT2D eigenvalue weighted by Crippen LogP contribution is -2.64. The predicted octanol–water partition coefficient (Wildman–Crippen LogP) is 3.58. The minimum Gasteiger partial charge on any atom is -0.430 e. The van der Waals surface area contributed by atoms with E-state index >= 15 is 0 Å². The molecule has 4 aliphatic rings. The second-order valence-corrected chi connectivity index (χ2v) is 12.9. The van der Waals surface area contributed by atoms with Crippen LogP contribution in [-0.2, 0) is 26.3 Å². The maximum Gasteiger partial charge on any atom is 0.514 e. The van der Waals surface area contributed by atoms with E-state index in [4.69, 9.17) is 23.9 Å². The number of fused-ring (bicyclic) bond motifs is 5. The van der Waals surface area contributed by atoms with Gasteiger partial charge in [0.1, 0.15) is 23.3 Å². The molecule has 0 radical (unpaired) electrons. The van der Waals surface area contributed by atoms with Crippen LogP contribution in [0.1, 0.15) is 72.4 Å². The molecule has 5 heterocycles. The summed E-state index contributed by atoms with van der Waals surface area (Å²) in [5.41, 5.74) is -2.32. The summed E-state index contributed by atoms with van der Waals surface area (Å²) in [5, 5.41) is 2.52. The molecule has 0 aliphatic carbocycles. The van der Waals surface area contributed by atoms with E-state index in [1.807, 2.05) is 13.8 Å². The summed E-state index contributed by atoms with van der Waals surface area (Å²) in [7, 11) is 1.54.